The molecule has 26 heavy (non-hydrogen) atoms. The van der Waals surface area contributed by atoms with Gasteiger partial charge in [-0.2, -0.15) is 5.10 Å². The zero-order valence-corrected chi connectivity index (χ0v) is 15.0. The third-order valence-electron chi connectivity index (χ3n) is 3.13. The lowest BCUT2D eigenvalue weighted by molar-refractivity contribution is -0.118. The molecule has 0 spiro atoms. The van der Waals surface area contributed by atoms with Crippen molar-refractivity contribution in [3.8, 4) is 11.5 Å². The summed E-state index contributed by atoms with van der Waals surface area (Å²) < 4.78 is 4.99. The van der Waals surface area contributed by atoms with E-state index in [1.807, 2.05) is 18.2 Å². The van der Waals surface area contributed by atoms with E-state index in [0.29, 0.717) is 11.3 Å². The molecule has 0 saturated carbocycles. The molecule has 0 aliphatic heterocycles. The van der Waals surface area contributed by atoms with Gasteiger partial charge in [-0.05, 0) is 35.9 Å². The molecule has 7 nitrogen and oxygen atoms in total. The lowest BCUT2D eigenvalue weighted by Crippen LogP contribution is -2.21. The van der Waals surface area contributed by atoms with E-state index in [1.54, 1.807) is 24.3 Å². The molecule has 2 aromatic carbocycles. The number of aromatic hydroxyl groups is 1. The SMILES string of the molecule is COc1cc(/C=N/NC(=O)CSCC(=O)Nc2ccccc2)ccc1O. The van der Waals surface area contributed by atoms with E-state index in [4.69, 9.17) is 4.74 Å². The number of thioether (sulfide) groups is 1. The van der Waals surface area contributed by atoms with Gasteiger partial charge in [-0.15, -0.1) is 11.8 Å². The van der Waals surface area contributed by atoms with Crippen molar-refractivity contribution in [2.45, 2.75) is 0 Å². The number of para-hydroxylation sites is 1. The predicted octanol–water partition coefficient (Wildman–Crippen LogP) is 2.22. The first-order chi connectivity index (χ1) is 12.6. The molecule has 0 atom stereocenters. The van der Waals surface area contributed by atoms with E-state index < -0.39 is 0 Å². The molecule has 8 heteroatoms. The van der Waals surface area contributed by atoms with Crippen LogP contribution in [0.4, 0.5) is 5.69 Å². The van der Waals surface area contributed by atoms with Gasteiger partial charge in [0.05, 0.1) is 24.8 Å². The first-order valence-corrected chi connectivity index (χ1v) is 8.85. The van der Waals surface area contributed by atoms with Crippen LogP contribution in [0.3, 0.4) is 0 Å². The highest BCUT2D eigenvalue weighted by molar-refractivity contribution is 8.00. The minimum atomic E-state index is -0.315. The Morgan fingerprint density at radius 2 is 1.88 bits per heavy atom. The van der Waals surface area contributed by atoms with Crippen molar-refractivity contribution in [2.24, 2.45) is 5.10 Å². The fourth-order valence-corrected chi connectivity index (χ4v) is 2.55. The van der Waals surface area contributed by atoms with Gasteiger partial charge in [0, 0.05) is 5.69 Å². The Morgan fingerprint density at radius 1 is 1.15 bits per heavy atom. The fraction of sp³-hybridized carbons (Fsp3) is 0.167. The Kier molecular flexibility index (Phi) is 7.50. The number of anilines is 1. The van der Waals surface area contributed by atoms with Gasteiger partial charge >= 0.3 is 0 Å². The highest BCUT2D eigenvalue weighted by atomic mass is 32.2. The first kappa shape index (κ1) is 19.3. The van der Waals surface area contributed by atoms with Crippen molar-refractivity contribution in [1.29, 1.82) is 0 Å². The molecule has 0 saturated heterocycles. The smallest absolute Gasteiger partial charge is 0.250 e. The number of rotatable bonds is 8. The number of phenols is 1. The number of nitrogens with one attached hydrogen (secondary N) is 2. The molecule has 0 aromatic heterocycles. The maximum atomic E-state index is 11.8. The largest absolute Gasteiger partial charge is 0.504 e. The summed E-state index contributed by atoms with van der Waals surface area (Å²) in [6, 6.07) is 13.8. The van der Waals surface area contributed by atoms with E-state index in [2.05, 4.69) is 15.8 Å². The van der Waals surface area contributed by atoms with Gasteiger partial charge in [-0.3, -0.25) is 9.59 Å². The van der Waals surface area contributed by atoms with E-state index in [0.717, 1.165) is 5.69 Å². The molecule has 0 aliphatic carbocycles. The second-order valence-corrected chi connectivity index (χ2v) is 6.12. The number of amides is 2. The molecule has 0 fully saturated rings. The molecule has 136 valence electrons. The van der Waals surface area contributed by atoms with Crippen LogP contribution in [-0.2, 0) is 9.59 Å². The standard InChI is InChI=1S/C18H19N3O4S/c1-25-16-9-13(7-8-15(16)22)10-19-21-18(24)12-26-11-17(23)20-14-5-3-2-4-6-14/h2-10,22H,11-12H2,1H3,(H,20,23)(H,21,24)/b19-10+. The minimum absolute atomic E-state index is 0.0267. The third-order valence-corrected chi connectivity index (χ3v) is 4.06. The highest BCUT2D eigenvalue weighted by Gasteiger charge is 2.05. The van der Waals surface area contributed by atoms with Gasteiger partial charge in [0.15, 0.2) is 11.5 Å². The molecule has 0 aliphatic rings. The normalized spacial score (nSPS) is 10.5. The molecule has 2 aromatic rings. The van der Waals surface area contributed by atoms with Crippen LogP contribution in [0.15, 0.2) is 53.6 Å². The van der Waals surface area contributed by atoms with Crippen molar-refractivity contribution in [2.75, 3.05) is 23.9 Å². The van der Waals surface area contributed by atoms with Crippen LogP contribution >= 0.6 is 11.8 Å². The Hall–Kier alpha value is -3.00. The summed E-state index contributed by atoms with van der Waals surface area (Å²) >= 11 is 1.19. The molecule has 2 rings (SSSR count). The summed E-state index contributed by atoms with van der Waals surface area (Å²) in [6.07, 6.45) is 1.44. The van der Waals surface area contributed by atoms with Crippen molar-refractivity contribution < 1.29 is 19.4 Å². The molecular weight excluding hydrogens is 354 g/mol. The van der Waals surface area contributed by atoms with E-state index in [-0.39, 0.29) is 29.1 Å². The first-order valence-electron chi connectivity index (χ1n) is 7.70. The second kappa shape index (κ2) is 10.1. The summed E-state index contributed by atoms with van der Waals surface area (Å²) in [7, 11) is 1.45. The second-order valence-electron chi connectivity index (χ2n) is 5.13. The number of hydrogen-bond acceptors (Lipinski definition) is 6. The zero-order chi connectivity index (χ0) is 18.8. The lowest BCUT2D eigenvalue weighted by atomic mass is 10.2. The van der Waals surface area contributed by atoms with Crippen molar-refractivity contribution in [3.63, 3.8) is 0 Å². The Balaban J connectivity index is 1.69. The Bertz CT molecular complexity index is 781. The number of methoxy groups -OCH3 is 1. The van der Waals surface area contributed by atoms with Crippen LogP contribution in [0.1, 0.15) is 5.56 Å². The monoisotopic (exact) mass is 373 g/mol. The van der Waals surface area contributed by atoms with Crippen molar-refractivity contribution in [3.05, 3.63) is 54.1 Å². The lowest BCUT2D eigenvalue weighted by Gasteiger charge is -2.05. The quantitative estimate of drug-likeness (QED) is 0.487. The molecule has 2 amide bonds. The van der Waals surface area contributed by atoms with E-state index >= 15 is 0 Å². The topological polar surface area (TPSA) is 100 Å². The fourth-order valence-electron chi connectivity index (χ4n) is 1.94. The molecule has 0 unspecified atom stereocenters. The molecular formula is C18H19N3O4S. The van der Waals surface area contributed by atoms with Crippen LogP contribution in [0.25, 0.3) is 0 Å². The molecule has 0 bridgehead atoms. The van der Waals surface area contributed by atoms with Crippen LogP contribution in [0.5, 0.6) is 11.5 Å². The summed E-state index contributed by atoms with van der Waals surface area (Å²) in [4.78, 5) is 23.5. The zero-order valence-electron chi connectivity index (χ0n) is 14.1. The molecule has 0 heterocycles. The van der Waals surface area contributed by atoms with E-state index in [9.17, 15) is 14.7 Å². The van der Waals surface area contributed by atoms with Crippen LogP contribution < -0.4 is 15.5 Å². The number of benzene rings is 2. The minimum Gasteiger partial charge on any atom is -0.504 e. The predicted molar refractivity (Wildman–Crippen MR) is 103 cm³/mol. The maximum Gasteiger partial charge on any atom is 0.250 e. The highest BCUT2D eigenvalue weighted by Crippen LogP contribution is 2.25. The van der Waals surface area contributed by atoms with Crippen molar-refractivity contribution >= 4 is 35.5 Å². The van der Waals surface area contributed by atoms with Gasteiger partial charge < -0.3 is 15.2 Å². The average molecular weight is 373 g/mol. The molecule has 3 N–H and O–H groups in total. The number of hydrogen-bond donors (Lipinski definition) is 3. The van der Waals surface area contributed by atoms with Crippen molar-refractivity contribution in [1.82, 2.24) is 5.43 Å². The summed E-state index contributed by atoms with van der Waals surface area (Å²) in [5.41, 5.74) is 3.76. The number of nitrogens with zero attached hydrogens (tertiary/aromatic N) is 1. The summed E-state index contributed by atoms with van der Waals surface area (Å²) in [6.45, 7) is 0. The van der Waals surface area contributed by atoms with Gasteiger partial charge in [0.1, 0.15) is 0 Å². The maximum absolute atomic E-state index is 11.8. The van der Waals surface area contributed by atoms with Gasteiger partial charge in [-0.1, -0.05) is 18.2 Å². The van der Waals surface area contributed by atoms with Crippen LogP contribution in [0, 0.1) is 0 Å². The Morgan fingerprint density at radius 3 is 2.62 bits per heavy atom. The third kappa shape index (κ3) is 6.48. The average Bonchev–Trinajstić information content (AvgIpc) is 2.64. The van der Waals surface area contributed by atoms with Crippen LogP contribution in [0.2, 0.25) is 0 Å². The van der Waals surface area contributed by atoms with Crippen LogP contribution in [-0.4, -0.2) is 41.8 Å². The van der Waals surface area contributed by atoms with E-state index in [1.165, 1.54) is 31.2 Å². The Labute approximate surface area is 155 Å². The van der Waals surface area contributed by atoms with Gasteiger partial charge in [0.25, 0.3) is 0 Å². The number of carbonyl (C=O) groups is 2. The van der Waals surface area contributed by atoms with Gasteiger partial charge in [-0.25, -0.2) is 5.43 Å². The molecule has 0 radical (unpaired) electrons. The number of carbonyl (C=O) groups excluding carboxylic acids is 2. The summed E-state index contributed by atoms with van der Waals surface area (Å²) in [5, 5.41) is 16.1. The summed E-state index contributed by atoms with van der Waals surface area (Å²) in [5.74, 6) is 0.136. The van der Waals surface area contributed by atoms with Gasteiger partial charge in [0.2, 0.25) is 11.8 Å². The number of ether oxygens (including phenoxy) is 1. The number of hydrazone groups is 1. The number of phenolic OH excluding ortho intramolecular Hbond substituents is 1.